The van der Waals surface area contributed by atoms with Crippen LogP contribution in [0.3, 0.4) is 0 Å². The van der Waals surface area contributed by atoms with Gasteiger partial charge in [-0.05, 0) is 54.4 Å². The normalized spacial score (nSPS) is 10.9. The van der Waals surface area contributed by atoms with Crippen LogP contribution in [0.1, 0.15) is 18.9 Å². The topological polar surface area (TPSA) is 55.7 Å². The van der Waals surface area contributed by atoms with Crippen LogP contribution in [0, 0.1) is 5.82 Å². The molecule has 0 aliphatic carbocycles. The summed E-state index contributed by atoms with van der Waals surface area (Å²) in [7, 11) is 1.62. The van der Waals surface area contributed by atoms with Gasteiger partial charge in [0.15, 0.2) is 11.5 Å². The lowest BCUT2D eigenvalue weighted by atomic mass is 10.2. The summed E-state index contributed by atoms with van der Waals surface area (Å²) < 4.78 is 24.0. The summed E-state index contributed by atoms with van der Waals surface area (Å²) in [6.07, 6.45) is 2.61. The average molecular weight is 385 g/mol. The number of benzene rings is 2. The number of methoxy groups -OCH3 is 1. The van der Waals surface area contributed by atoms with Gasteiger partial charge in [0, 0.05) is 10.9 Å². The van der Waals surface area contributed by atoms with E-state index in [0.29, 0.717) is 23.2 Å². The van der Waals surface area contributed by atoms with Crippen LogP contribution in [0.25, 0.3) is 11.3 Å². The van der Waals surface area contributed by atoms with E-state index in [9.17, 15) is 4.39 Å². The van der Waals surface area contributed by atoms with Gasteiger partial charge in [-0.3, -0.25) is 5.43 Å². The molecular weight excluding hydrogens is 365 g/mol. The molecule has 3 aromatic rings. The van der Waals surface area contributed by atoms with E-state index >= 15 is 0 Å². The number of aromatic nitrogens is 1. The van der Waals surface area contributed by atoms with Crippen LogP contribution in [0.15, 0.2) is 52.9 Å². The zero-order valence-corrected chi connectivity index (χ0v) is 15.9. The van der Waals surface area contributed by atoms with Crippen molar-refractivity contribution in [3.8, 4) is 22.8 Å². The number of ether oxygens (including phenoxy) is 2. The van der Waals surface area contributed by atoms with E-state index in [1.807, 2.05) is 23.6 Å². The Balaban J connectivity index is 1.66. The third-order valence-corrected chi connectivity index (χ3v) is 4.41. The molecule has 5 nitrogen and oxygen atoms in total. The molecule has 7 heteroatoms. The number of hydrogen-bond acceptors (Lipinski definition) is 6. The molecule has 1 heterocycles. The average Bonchev–Trinajstić information content (AvgIpc) is 3.16. The van der Waals surface area contributed by atoms with Crippen molar-refractivity contribution in [2.75, 3.05) is 19.1 Å². The van der Waals surface area contributed by atoms with Crippen LogP contribution >= 0.6 is 11.3 Å². The summed E-state index contributed by atoms with van der Waals surface area (Å²) in [6.45, 7) is 2.68. The predicted octanol–water partition coefficient (Wildman–Crippen LogP) is 5.19. The van der Waals surface area contributed by atoms with Crippen LogP contribution in [0.4, 0.5) is 9.52 Å². The molecule has 1 aromatic heterocycles. The molecule has 0 fully saturated rings. The fraction of sp³-hybridized carbons (Fsp3) is 0.200. The van der Waals surface area contributed by atoms with Crippen molar-refractivity contribution in [3.63, 3.8) is 0 Å². The highest BCUT2D eigenvalue weighted by Gasteiger charge is 2.06. The van der Waals surface area contributed by atoms with Gasteiger partial charge in [-0.25, -0.2) is 9.37 Å². The lowest BCUT2D eigenvalue weighted by Gasteiger charge is -2.10. The first kappa shape index (κ1) is 18.8. The number of rotatable bonds is 8. The summed E-state index contributed by atoms with van der Waals surface area (Å²) in [5.41, 5.74) is 5.43. The minimum Gasteiger partial charge on any atom is -0.493 e. The standard InChI is InChI=1S/C20H20FN3O2S/c1-3-10-26-19-11-14(4-9-18(19)25-2)12-22-24-20-23-17(13-27-20)15-5-7-16(21)8-6-15/h4-9,11-13H,3,10H2,1-2H3,(H,23,24)/b22-12-. The van der Waals surface area contributed by atoms with E-state index in [0.717, 1.165) is 23.2 Å². The number of thiazole rings is 1. The zero-order chi connectivity index (χ0) is 19.1. The SMILES string of the molecule is CCCOc1cc(/C=N\Nc2nc(-c3ccc(F)cc3)cs2)ccc1OC. The van der Waals surface area contributed by atoms with E-state index in [1.54, 1.807) is 25.5 Å². The highest BCUT2D eigenvalue weighted by atomic mass is 32.1. The Morgan fingerprint density at radius 3 is 2.74 bits per heavy atom. The molecule has 0 aliphatic rings. The molecule has 0 amide bonds. The predicted molar refractivity (Wildman–Crippen MR) is 108 cm³/mol. The van der Waals surface area contributed by atoms with Crippen molar-refractivity contribution >= 4 is 22.7 Å². The second kappa shape index (κ2) is 9.14. The quantitative estimate of drug-likeness (QED) is 0.428. The summed E-state index contributed by atoms with van der Waals surface area (Å²) in [4.78, 5) is 4.45. The van der Waals surface area contributed by atoms with E-state index in [4.69, 9.17) is 9.47 Å². The van der Waals surface area contributed by atoms with Gasteiger partial charge < -0.3 is 9.47 Å². The van der Waals surface area contributed by atoms with Crippen LogP contribution in [0.5, 0.6) is 11.5 Å². The smallest absolute Gasteiger partial charge is 0.203 e. The number of hydrogen-bond donors (Lipinski definition) is 1. The lowest BCUT2D eigenvalue weighted by Crippen LogP contribution is -1.99. The number of nitrogens with zero attached hydrogens (tertiary/aromatic N) is 2. The minimum atomic E-state index is -0.265. The molecule has 2 aromatic carbocycles. The Kier molecular flexibility index (Phi) is 6.38. The first-order valence-corrected chi connectivity index (χ1v) is 9.39. The molecule has 0 aliphatic heterocycles. The third-order valence-electron chi connectivity index (χ3n) is 3.67. The van der Waals surface area contributed by atoms with Crippen LogP contribution in [-0.2, 0) is 0 Å². The first-order chi connectivity index (χ1) is 13.2. The summed E-state index contributed by atoms with van der Waals surface area (Å²) in [5, 5.41) is 6.78. The number of hydrazone groups is 1. The molecule has 0 radical (unpaired) electrons. The van der Waals surface area contributed by atoms with Gasteiger partial charge in [-0.15, -0.1) is 11.3 Å². The van der Waals surface area contributed by atoms with Gasteiger partial charge in [0.1, 0.15) is 5.82 Å². The van der Waals surface area contributed by atoms with Gasteiger partial charge in [-0.1, -0.05) is 6.92 Å². The molecule has 0 saturated carbocycles. The third kappa shape index (κ3) is 5.04. The molecule has 0 spiro atoms. The number of nitrogens with one attached hydrogen (secondary N) is 1. The van der Waals surface area contributed by atoms with Gasteiger partial charge >= 0.3 is 0 Å². The maximum atomic E-state index is 13.0. The lowest BCUT2D eigenvalue weighted by molar-refractivity contribution is 0.294. The van der Waals surface area contributed by atoms with Gasteiger partial charge in [0.2, 0.25) is 5.13 Å². The van der Waals surface area contributed by atoms with Gasteiger partial charge in [0.25, 0.3) is 0 Å². The summed E-state index contributed by atoms with van der Waals surface area (Å²) in [5.74, 6) is 1.12. The second-order valence-corrected chi connectivity index (χ2v) is 6.53. The van der Waals surface area contributed by atoms with E-state index < -0.39 is 0 Å². The Hall–Kier alpha value is -2.93. The van der Waals surface area contributed by atoms with Gasteiger partial charge in [-0.2, -0.15) is 5.10 Å². The van der Waals surface area contributed by atoms with Crippen molar-refractivity contribution in [3.05, 3.63) is 59.2 Å². The Morgan fingerprint density at radius 2 is 2.00 bits per heavy atom. The maximum absolute atomic E-state index is 13.0. The molecule has 0 unspecified atom stereocenters. The second-order valence-electron chi connectivity index (χ2n) is 5.67. The fourth-order valence-electron chi connectivity index (χ4n) is 2.34. The van der Waals surface area contributed by atoms with E-state index in [-0.39, 0.29) is 5.82 Å². The molecule has 3 rings (SSSR count). The van der Waals surface area contributed by atoms with E-state index in [2.05, 4.69) is 22.4 Å². The van der Waals surface area contributed by atoms with Crippen molar-refractivity contribution in [1.82, 2.24) is 4.98 Å². The largest absolute Gasteiger partial charge is 0.493 e. The molecule has 0 saturated heterocycles. The molecule has 1 N–H and O–H groups in total. The zero-order valence-electron chi connectivity index (χ0n) is 15.1. The maximum Gasteiger partial charge on any atom is 0.203 e. The van der Waals surface area contributed by atoms with Crippen molar-refractivity contribution in [2.45, 2.75) is 13.3 Å². The van der Waals surface area contributed by atoms with Crippen LogP contribution in [-0.4, -0.2) is 24.9 Å². The molecule has 27 heavy (non-hydrogen) atoms. The van der Waals surface area contributed by atoms with Crippen molar-refractivity contribution in [2.24, 2.45) is 5.10 Å². The highest BCUT2D eigenvalue weighted by Crippen LogP contribution is 2.28. The first-order valence-electron chi connectivity index (χ1n) is 8.51. The highest BCUT2D eigenvalue weighted by molar-refractivity contribution is 7.14. The summed E-state index contributed by atoms with van der Waals surface area (Å²) in [6, 6.07) is 11.9. The summed E-state index contributed by atoms with van der Waals surface area (Å²) >= 11 is 1.43. The Labute approximate surface area is 161 Å². The number of anilines is 1. The fourth-order valence-corrected chi connectivity index (χ4v) is 3.01. The number of halogens is 1. The van der Waals surface area contributed by atoms with Gasteiger partial charge in [0.05, 0.1) is 25.6 Å². The Bertz CT molecular complexity index is 910. The van der Waals surface area contributed by atoms with Crippen molar-refractivity contribution < 1.29 is 13.9 Å². The monoisotopic (exact) mass is 385 g/mol. The molecule has 0 bridgehead atoms. The van der Waals surface area contributed by atoms with Crippen LogP contribution < -0.4 is 14.9 Å². The van der Waals surface area contributed by atoms with Crippen LogP contribution in [0.2, 0.25) is 0 Å². The molecule has 140 valence electrons. The van der Waals surface area contributed by atoms with E-state index in [1.165, 1.54) is 23.5 Å². The minimum absolute atomic E-state index is 0.265. The Morgan fingerprint density at radius 1 is 1.19 bits per heavy atom. The van der Waals surface area contributed by atoms with Crippen molar-refractivity contribution in [1.29, 1.82) is 0 Å². The molecular formula is C20H20FN3O2S. The molecule has 0 atom stereocenters.